The largest absolute Gasteiger partial charge is 0.487 e. The number of hydrogen-bond acceptors (Lipinski definition) is 4. The lowest BCUT2D eigenvalue weighted by Crippen LogP contribution is -2.45. The number of aliphatic imine (C=N–C) groups is 1. The Balaban J connectivity index is 0.00000320. The third-order valence-electron chi connectivity index (χ3n) is 4.90. The van der Waals surface area contributed by atoms with Crippen molar-refractivity contribution >= 4 is 39.8 Å². The summed E-state index contributed by atoms with van der Waals surface area (Å²) < 4.78 is 30.8. The third-order valence-corrected chi connectivity index (χ3v) is 6.71. The molecule has 0 aliphatic carbocycles. The van der Waals surface area contributed by atoms with E-state index in [0.717, 1.165) is 17.7 Å². The van der Waals surface area contributed by atoms with E-state index in [1.54, 1.807) is 31.3 Å². The molecular weight excluding hydrogens is 513 g/mol. The van der Waals surface area contributed by atoms with Crippen molar-refractivity contribution in [2.24, 2.45) is 4.99 Å². The van der Waals surface area contributed by atoms with Crippen LogP contribution in [0.2, 0.25) is 0 Å². The van der Waals surface area contributed by atoms with Crippen molar-refractivity contribution in [1.29, 1.82) is 0 Å². The molecule has 164 valence electrons. The molecule has 3 rings (SSSR count). The van der Waals surface area contributed by atoms with Gasteiger partial charge in [0.1, 0.15) is 11.4 Å². The van der Waals surface area contributed by atoms with Gasteiger partial charge in [-0.25, -0.2) is 8.42 Å². The van der Waals surface area contributed by atoms with E-state index in [0.29, 0.717) is 23.8 Å². The Kier molecular flexibility index (Phi) is 8.54. The maximum Gasteiger partial charge on any atom is 0.191 e. The maximum absolute atomic E-state index is 12.4. The van der Waals surface area contributed by atoms with Gasteiger partial charge in [0, 0.05) is 25.6 Å². The zero-order valence-corrected chi connectivity index (χ0v) is 20.7. The first-order valence-electron chi connectivity index (χ1n) is 9.84. The van der Waals surface area contributed by atoms with Crippen LogP contribution in [0.3, 0.4) is 0 Å². The molecule has 0 saturated carbocycles. The Labute approximate surface area is 196 Å². The van der Waals surface area contributed by atoms with Gasteiger partial charge in [-0.05, 0) is 38.5 Å². The Bertz CT molecular complexity index is 963. The normalized spacial score (nSPS) is 17.8. The quantitative estimate of drug-likeness (QED) is 0.250. The van der Waals surface area contributed by atoms with Crippen molar-refractivity contribution in [3.8, 4) is 5.75 Å². The minimum atomic E-state index is -3.26. The number of guanidine groups is 1. The summed E-state index contributed by atoms with van der Waals surface area (Å²) in [5, 5.41) is 6.69. The zero-order chi connectivity index (χ0) is 20.9. The summed E-state index contributed by atoms with van der Waals surface area (Å²) in [6.07, 6.45) is 1.29. The van der Waals surface area contributed by atoms with Crippen LogP contribution in [0.25, 0.3) is 0 Å². The van der Waals surface area contributed by atoms with E-state index >= 15 is 0 Å². The second-order valence-corrected chi connectivity index (χ2v) is 9.89. The minimum Gasteiger partial charge on any atom is -0.487 e. The molecule has 1 unspecified atom stereocenters. The van der Waals surface area contributed by atoms with E-state index in [1.165, 1.54) is 0 Å². The Morgan fingerprint density at radius 2 is 1.80 bits per heavy atom. The number of rotatable bonds is 6. The predicted octanol–water partition coefficient (Wildman–Crippen LogP) is 3.94. The van der Waals surface area contributed by atoms with Crippen LogP contribution in [0.5, 0.6) is 5.75 Å². The lowest BCUT2D eigenvalue weighted by atomic mass is 9.90. The fraction of sp³-hybridized carbons (Fsp3) is 0.409. The molecule has 2 aromatic rings. The van der Waals surface area contributed by atoms with Crippen LogP contribution in [-0.2, 0) is 9.84 Å². The van der Waals surface area contributed by atoms with Crippen LogP contribution in [0, 0.1) is 0 Å². The number of hydrogen-bond donors (Lipinski definition) is 2. The van der Waals surface area contributed by atoms with Crippen molar-refractivity contribution in [1.82, 2.24) is 10.6 Å². The molecule has 6 nitrogen and oxygen atoms in total. The van der Waals surface area contributed by atoms with Gasteiger partial charge in [-0.1, -0.05) is 36.4 Å². The zero-order valence-electron chi connectivity index (χ0n) is 17.6. The molecule has 1 aliphatic heterocycles. The molecule has 0 aromatic heterocycles. The van der Waals surface area contributed by atoms with Crippen molar-refractivity contribution in [2.75, 3.05) is 19.3 Å². The first-order valence-corrected chi connectivity index (χ1v) is 11.5. The van der Waals surface area contributed by atoms with Crippen LogP contribution >= 0.6 is 24.0 Å². The summed E-state index contributed by atoms with van der Waals surface area (Å²) >= 11 is 0. The molecule has 0 amide bonds. The Morgan fingerprint density at radius 3 is 2.50 bits per heavy atom. The number of benzene rings is 2. The fourth-order valence-corrected chi connectivity index (χ4v) is 4.84. The summed E-state index contributed by atoms with van der Waals surface area (Å²) in [6.45, 7) is 4.66. The highest BCUT2D eigenvalue weighted by Gasteiger charge is 2.33. The van der Waals surface area contributed by atoms with E-state index in [-0.39, 0.29) is 41.4 Å². The fourth-order valence-electron chi connectivity index (χ4n) is 3.51. The molecule has 0 spiro atoms. The highest BCUT2D eigenvalue weighted by atomic mass is 127. The van der Waals surface area contributed by atoms with Gasteiger partial charge < -0.3 is 15.4 Å². The topological polar surface area (TPSA) is 79.8 Å². The van der Waals surface area contributed by atoms with Crippen LogP contribution in [0.4, 0.5) is 0 Å². The number of para-hydroxylation sites is 1. The van der Waals surface area contributed by atoms with E-state index in [4.69, 9.17) is 4.74 Å². The monoisotopic (exact) mass is 543 g/mol. The van der Waals surface area contributed by atoms with Gasteiger partial charge in [-0.3, -0.25) is 4.99 Å². The van der Waals surface area contributed by atoms with Crippen LogP contribution in [-0.4, -0.2) is 39.3 Å². The highest BCUT2D eigenvalue weighted by Crippen LogP contribution is 2.39. The van der Waals surface area contributed by atoms with Gasteiger partial charge in [0.2, 0.25) is 0 Å². The third kappa shape index (κ3) is 6.34. The summed E-state index contributed by atoms with van der Waals surface area (Å²) in [5.74, 6) is 1.62. The van der Waals surface area contributed by atoms with Crippen molar-refractivity contribution in [3.63, 3.8) is 0 Å². The summed E-state index contributed by atoms with van der Waals surface area (Å²) in [6, 6.07) is 16.6. The maximum atomic E-state index is 12.4. The van der Waals surface area contributed by atoms with E-state index < -0.39 is 9.84 Å². The number of fused-ring (bicyclic) bond motifs is 1. The van der Waals surface area contributed by atoms with Gasteiger partial charge in [0.25, 0.3) is 0 Å². The second kappa shape index (κ2) is 10.5. The minimum absolute atomic E-state index is 0. The summed E-state index contributed by atoms with van der Waals surface area (Å²) in [4.78, 5) is 4.66. The lowest BCUT2D eigenvalue weighted by molar-refractivity contribution is 0.0694. The molecule has 0 bridgehead atoms. The SMILES string of the molecule is CN=C(NCCCS(=O)(=O)c1ccccc1)NC1CC(C)(C)Oc2ccccc21.I. The molecule has 1 aliphatic rings. The smallest absolute Gasteiger partial charge is 0.191 e. The Morgan fingerprint density at radius 1 is 1.13 bits per heavy atom. The van der Waals surface area contributed by atoms with Crippen molar-refractivity contribution in [3.05, 3.63) is 60.2 Å². The first kappa shape index (κ1) is 24.5. The molecule has 0 fully saturated rings. The van der Waals surface area contributed by atoms with E-state index in [9.17, 15) is 8.42 Å². The van der Waals surface area contributed by atoms with E-state index in [1.807, 2.05) is 24.3 Å². The lowest BCUT2D eigenvalue weighted by Gasteiger charge is -2.38. The van der Waals surface area contributed by atoms with Crippen LogP contribution < -0.4 is 15.4 Å². The van der Waals surface area contributed by atoms with Gasteiger partial charge in [-0.15, -0.1) is 24.0 Å². The number of halogens is 1. The van der Waals surface area contributed by atoms with Crippen molar-refractivity contribution < 1.29 is 13.2 Å². The number of nitrogens with one attached hydrogen (secondary N) is 2. The molecule has 0 radical (unpaired) electrons. The average Bonchev–Trinajstić information content (AvgIpc) is 2.70. The highest BCUT2D eigenvalue weighted by molar-refractivity contribution is 14.0. The summed E-state index contributed by atoms with van der Waals surface area (Å²) in [5.41, 5.74) is 0.815. The van der Waals surface area contributed by atoms with Gasteiger partial charge >= 0.3 is 0 Å². The van der Waals surface area contributed by atoms with Crippen LogP contribution in [0.15, 0.2) is 64.5 Å². The molecule has 1 atom stereocenters. The number of ether oxygens (including phenoxy) is 1. The number of nitrogens with zero attached hydrogens (tertiary/aromatic N) is 1. The van der Waals surface area contributed by atoms with Gasteiger partial charge in [-0.2, -0.15) is 0 Å². The Hall–Kier alpha value is -1.81. The van der Waals surface area contributed by atoms with Crippen molar-refractivity contribution in [2.45, 2.75) is 43.2 Å². The molecule has 2 N–H and O–H groups in total. The standard InChI is InChI=1S/C22H29N3O3S.HI/c1-22(2)16-19(18-12-7-8-13-20(18)28-22)25-21(23-3)24-14-9-15-29(26,27)17-10-5-4-6-11-17;/h4-8,10-13,19H,9,14-16H2,1-3H3,(H2,23,24,25);1H. The van der Waals surface area contributed by atoms with E-state index in [2.05, 4.69) is 35.5 Å². The molecular formula is C22H30IN3O3S. The van der Waals surface area contributed by atoms with Crippen LogP contribution in [0.1, 0.15) is 38.3 Å². The molecule has 0 saturated heterocycles. The number of sulfone groups is 1. The average molecular weight is 543 g/mol. The molecule has 8 heteroatoms. The molecule has 2 aromatic carbocycles. The second-order valence-electron chi connectivity index (χ2n) is 7.79. The predicted molar refractivity (Wildman–Crippen MR) is 132 cm³/mol. The summed E-state index contributed by atoms with van der Waals surface area (Å²) in [7, 11) is -1.55. The molecule has 30 heavy (non-hydrogen) atoms. The van der Waals surface area contributed by atoms with Gasteiger partial charge in [0.15, 0.2) is 15.8 Å². The first-order chi connectivity index (χ1) is 13.8. The van der Waals surface area contributed by atoms with Gasteiger partial charge in [0.05, 0.1) is 16.7 Å². The molecule has 1 heterocycles.